The Bertz CT molecular complexity index is 349. The van der Waals surface area contributed by atoms with Gasteiger partial charge in [-0.1, -0.05) is 13.3 Å². The molecule has 1 rings (SSSR count). The van der Waals surface area contributed by atoms with E-state index in [1.807, 2.05) is 12.1 Å². The average molecular weight is 251 g/mol. The summed E-state index contributed by atoms with van der Waals surface area (Å²) in [6.07, 6.45) is 2.62. The van der Waals surface area contributed by atoms with Gasteiger partial charge >= 0.3 is 5.97 Å². The Labute approximate surface area is 108 Å². The summed E-state index contributed by atoms with van der Waals surface area (Å²) in [5, 5.41) is 11.8. The first-order valence-electron chi connectivity index (χ1n) is 6.40. The third-order valence-electron chi connectivity index (χ3n) is 2.52. The van der Waals surface area contributed by atoms with Gasteiger partial charge in [-0.05, 0) is 37.1 Å². The van der Waals surface area contributed by atoms with Gasteiger partial charge in [0.05, 0.1) is 12.2 Å². The molecule has 0 saturated heterocycles. The number of carbonyl (C=O) groups is 1. The highest BCUT2D eigenvalue weighted by Crippen LogP contribution is 2.10. The SMILES string of the molecule is CCCCOC(=O)c1ccc(NCCCO)cc1. The van der Waals surface area contributed by atoms with Crippen LogP contribution in [0.5, 0.6) is 0 Å². The largest absolute Gasteiger partial charge is 0.462 e. The van der Waals surface area contributed by atoms with Gasteiger partial charge in [0, 0.05) is 18.8 Å². The standard InChI is InChI=1S/C14H21NO3/c1-2-3-11-18-14(17)12-5-7-13(8-6-12)15-9-4-10-16/h5-8,15-16H,2-4,9-11H2,1H3. The Balaban J connectivity index is 2.41. The molecule has 18 heavy (non-hydrogen) atoms. The van der Waals surface area contributed by atoms with E-state index in [2.05, 4.69) is 12.2 Å². The van der Waals surface area contributed by atoms with Crippen molar-refractivity contribution in [3.05, 3.63) is 29.8 Å². The molecule has 0 heterocycles. The van der Waals surface area contributed by atoms with E-state index in [0.29, 0.717) is 18.6 Å². The summed E-state index contributed by atoms with van der Waals surface area (Å²) in [7, 11) is 0. The van der Waals surface area contributed by atoms with E-state index in [1.54, 1.807) is 12.1 Å². The van der Waals surface area contributed by atoms with Gasteiger partial charge in [0.15, 0.2) is 0 Å². The summed E-state index contributed by atoms with van der Waals surface area (Å²) < 4.78 is 5.11. The van der Waals surface area contributed by atoms with Gasteiger partial charge in [-0.2, -0.15) is 0 Å². The highest BCUT2D eigenvalue weighted by molar-refractivity contribution is 5.89. The minimum absolute atomic E-state index is 0.175. The van der Waals surface area contributed by atoms with E-state index in [1.165, 1.54) is 0 Å². The fourth-order valence-corrected chi connectivity index (χ4v) is 1.43. The minimum Gasteiger partial charge on any atom is -0.462 e. The Morgan fingerprint density at radius 2 is 2.00 bits per heavy atom. The minimum atomic E-state index is -0.273. The van der Waals surface area contributed by atoms with Gasteiger partial charge in [-0.3, -0.25) is 0 Å². The van der Waals surface area contributed by atoms with Crippen LogP contribution >= 0.6 is 0 Å². The van der Waals surface area contributed by atoms with E-state index in [0.717, 1.165) is 25.1 Å². The van der Waals surface area contributed by atoms with Crippen LogP contribution in [0, 0.1) is 0 Å². The number of esters is 1. The molecule has 0 radical (unpaired) electrons. The maximum atomic E-state index is 11.6. The molecule has 0 aromatic heterocycles. The van der Waals surface area contributed by atoms with Crippen molar-refractivity contribution < 1.29 is 14.6 Å². The first-order chi connectivity index (χ1) is 8.77. The van der Waals surface area contributed by atoms with Gasteiger partial charge in [0.25, 0.3) is 0 Å². The zero-order chi connectivity index (χ0) is 13.2. The first kappa shape index (κ1) is 14.5. The van der Waals surface area contributed by atoms with Gasteiger partial charge in [0.2, 0.25) is 0 Å². The van der Waals surface area contributed by atoms with E-state index in [9.17, 15) is 4.79 Å². The number of anilines is 1. The number of carbonyl (C=O) groups excluding carboxylic acids is 1. The number of hydrogen-bond acceptors (Lipinski definition) is 4. The predicted molar refractivity (Wildman–Crippen MR) is 71.8 cm³/mol. The Morgan fingerprint density at radius 1 is 1.28 bits per heavy atom. The molecule has 1 aromatic rings. The third-order valence-corrected chi connectivity index (χ3v) is 2.52. The van der Waals surface area contributed by atoms with E-state index in [4.69, 9.17) is 9.84 Å². The monoisotopic (exact) mass is 251 g/mol. The summed E-state index contributed by atoms with van der Waals surface area (Å²) in [5.41, 5.74) is 1.51. The second kappa shape index (κ2) is 8.53. The summed E-state index contributed by atoms with van der Waals surface area (Å²) in [4.78, 5) is 11.6. The average Bonchev–Trinajstić information content (AvgIpc) is 2.40. The van der Waals surface area contributed by atoms with Crippen LogP contribution in [-0.2, 0) is 4.74 Å². The topological polar surface area (TPSA) is 58.6 Å². The van der Waals surface area contributed by atoms with Crippen LogP contribution in [0.1, 0.15) is 36.5 Å². The predicted octanol–water partition coefficient (Wildman–Crippen LogP) is 2.44. The molecule has 0 spiro atoms. The number of benzene rings is 1. The van der Waals surface area contributed by atoms with Gasteiger partial charge in [0.1, 0.15) is 0 Å². The number of rotatable bonds is 8. The van der Waals surface area contributed by atoms with Crippen molar-refractivity contribution >= 4 is 11.7 Å². The molecule has 0 bridgehead atoms. The van der Waals surface area contributed by atoms with Crippen LogP contribution in [0.15, 0.2) is 24.3 Å². The Kier molecular flexibility index (Phi) is 6.87. The molecular weight excluding hydrogens is 230 g/mol. The molecule has 4 nitrogen and oxygen atoms in total. The molecule has 0 unspecified atom stereocenters. The normalized spacial score (nSPS) is 10.1. The number of aliphatic hydroxyl groups excluding tert-OH is 1. The highest BCUT2D eigenvalue weighted by Gasteiger charge is 2.05. The molecule has 0 aliphatic rings. The summed E-state index contributed by atoms with van der Waals surface area (Å²) in [5.74, 6) is -0.273. The molecule has 2 N–H and O–H groups in total. The third kappa shape index (κ3) is 5.19. The molecule has 4 heteroatoms. The van der Waals surface area contributed by atoms with Crippen LogP contribution in [0.3, 0.4) is 0 Å². The lowest BCUT2D eigenvalue weighted by molar-refractivity contribution is 0.0500. The van der Waals surface area contributed by atoms with Crippen molar-refractivity contribution in [2.45, 2.75) is 26.2 Å². The van der Waals surface area contributed by atoms with E-state index < -0.39 is 0 Å². The number of unbranched alkanes of at least 4 members (excludes halogenated alkanes) is 1. The van der Waals surface area contributed by atoms with E-state index in [-0.39, 0.29) is 12.6 Å². The molecule has 0 fully saturated rings. The van der Waals surface area contributed by atoms with Crippen molar-refractivity contribution in [2.24, 2.45) is 0 Å². The smallest absolute Gasteiger partial charge is 0.338 e. The van der Waals surface area contributed by atoms with Crippen LogP contribution in [-0.4, -0.2) is 30.8 Å². The van der Waals surface area contributed by atoms with Crippen molar-refractivity contribution in [3.8, 4) is 0 Å². The van der Waals surface area contributed by atoms with E-state index >= 15 is 0 Å². The van der Waals surface area contributed by atoms with Gasteiger partial charge in [-0.25, -0.2) is 4.79 Å². The Hall–Kier alpha value is -1.55. The molecule has 0 atom stereocenters. The summed E-state index contributed by atoms with van der Waals surface area (Å²) in [6, 6.07) is 7.17. The van der Waals surface area contributed by atoms with Crippen LogP contribution in [0.2, 0.25) is 0 Å². The molecular formula is C14H21NO3. The zero-order valence-corrected chi connectivity index (χ0v) is 10.8. The lowest BCUT2D eigenvalue weighted by Crippen LogP contribution is -2.07. The van der Waals surface area contributed by atoms with Crippen molar-refractivity contribution in [3.63, 3.8) is 0 Å². The zero-order valence-electron chi connectivity index (χ0n) is 10.8. The summed E-state index contributed by atoms with van der Waals surface area (Å²) >= 11 is 0. The van der Waals surface area contributed by atoms with Crippen LogP contribution in [0.25, 0.3) is 0 Å². The highest BCUT2D eigenvalue weighted by atomic mass is 16.5. The number of hydrogen-bond donors (Lipinski definition) is 2. The first-order valence-corrected chi connectivity index (χ1v) is 6.40. The van der Waals surface area contributed by atoms with Crippen molar-refractivity contribution in [1.29, 1.82) is 0 Å². The fraction of sp³-hybridized carbons (Fsp3) is 0.500. The number of ether oxygens (including phenoxy) is 1. The Morgan fingerprint density at radius 3 is 2.61 bits per heavy atom. The lowest BCUT2D eigenvalue weighted by Gasteiger charge is -2.07. The fourth-order valence-electron chi connectivity index (χ4n) is 1.43. The van der Waals surface area contributed by atoms with Crippen LogP contribution < -0.4 is 5.32 Å². The molecule has 1 aromatic carbocycles. The van der Waals surface area contributed by atoms with Crippen molar-refractivity contribution in [2.75, 3.05) is 25.1 Å². The lowest BCUT2D eigenvalue weighted by atomic mass is 10.2. The maximum absolute atomic E-state index is 11.6. The quantitative estimate of drug-likeness (QED) is 0.550. The summed E-state index contributed by atoms with van der Waals surface area (Å²) in [6.45, 7) is 3.43. The van der Waals surface area contributed by atoms with Crippen molar-refractivity contribution in [1.82, 2.24) is 0 Å². The molecule has 0 amide bonds. The second-order valence-corrected chi connectivity index (χ2v) is 4.07. The second-order valence-electron chi connectivity index (χ2n) is 4.07. The molecule has 0 aliphatic carbocycles. The maximum Gasteiger partial charge on any atom is 0.338 e. The van der Waals surface area contributed by atoms with Crippen LogP contribution in [0.4, 0.5) is 5.69 Å². The molecule has 0 saturated carbocycles. The molecule has 0 aliphatic heterocycles. The van der Waals surface area contributed by atoms with Gasteiger partial charge < -0.3 is 15.2 Å². The van der Waals surface area contributed by atoms with Gasteiger partial charge in [-0.15, -0.1) is 0 Å². The molecule has 100 valence electrons. The number of nitrogens with one attached hydrogen (secondary N) is 1. The number of aliphatic hydroxyl groups is 1.